The molecule has 6 rings (SSSR count). The highest BCUT2D eigenvalue weighted by molar-refractivity contribution is 5.85. The van der Waals surface area contributed by atoms with Crippen LogP contribution in [0.2, 0.25) is 0 Å². The van der Waals surface area contributed by atoms with Crippen LogP contribution in [0.3, 0.4) is 0 Å². The minimum absolute atomic E-state index is 0.0163. The van der Waals surface area contributed by atoms with E-state index >= 15 is 0 Å². The van der Waals surface area contributed by atoms with Crippen molar-refractivity contribution in [1.82, 2.24) is 29.7 Å². The Morgan fingerprint density at radius 2 is 0.794 bits per heavy atom. The van der Waals surface area contributed by atoms with Crippen LogP contribution in [-0.4, -0.2) is 281 Å². The number of carboxylic acids is 2. The van der Waals surface area contributed by atoms with Crippen molar-refractivity contribution in [2.24, 2.45) is 0 Å². The number of nitrogens with zero attached hydrogens (tertiary/aromatic N) is 8. The van der Waals surface area contributed by atoms with Crippen molar-refractivity contribution >= 4 is 23.3 Å². The molecule has 1 aliphatic rings. The molecule has 4 N–H and O–H groups in total. The van der Waals surface area contributed by atoms with Crippen LogP contribution in [0.1, 0.15) is 67.5 Å². The van der Waals surface area contributed by atoms with Gasteiger partial charge in [-0.3, -0.25) is 29.5 Å². The summed E-state index contributed by atoms with van der Waals surface area (Å²) in [5.74, 6) is 10.7. The quantitative estimate of drug-likeness (QED) is 0.0243. The van der Waals surface area contributed by atoms with Crippen molar-refractivity contribution in [3.05, 3.63) is 147 Å². The van der Waals surface area contributed by atoms with Crippen LogP contribution in [0, 0.1) is 23.7 Å². The number of pyridine rings is 3. The summed E-state index contributed by atoms with van der Waals surface area (Å²) in [5.41, 5.74) is 6.58. The number of aliphatic hydroxyl groups is 2. The van der Waals surface area contributed by atoms with E-state index in [0.717, 1.165) is 28.2 Å². The Balaban J connectivity index is 1.18. The molecule has 0 unspecified atom stereocenters. The molecular formula is C71H98N8O18. The van der Waals surface area contributed by atoms with Crippen LogP contribution < -0.4 is 9.80 Å². The molecule has 97 heavy (non-hydrogen) atoms. The van der Waals surface area contributed by atoms with Crippen molar-refractivity contribution in [2.45, 2.75) is 32.5 Å². The molecule has 26 nitrogen and oxygen atoms in total. The van der Waals surface area contributed by atoms with Gasteiger partial charge in [-0.15, -0.1) is 0 Å². The Bertz CT molecular complexity index is 3110. The van der Waals surface area contributed by atoms with Crippen LogP contribution in [0.25, 0.3) is 0 Å². The van der Waals surface area contributed by atoms with Crippen molar-refractivity contribution in [3.63, 3.8) is 0 Å². The Morgan fingerprint density at radius 3 is 1.21 bits per heavy atom. The third-order valence-electron chi connectivity index (χ3n) is 14.9. The number of methoxy groups -OCH3 is 4. The molecule has 0 amide bonds. The second-order valence-electron chi connectivity index (χ2n) is 22.3. The number of carboxylic acid groups (broad SMARTS) is 2. The number of rotatable bonds is 46. The maximum absolute atomic E-state index is 12.7. The normalized spacial score (nSPS) is 13.1. The molecule has 0 atom stereocenters. The molecule has 0 radical (unpaired) electrons. The number of aliphatic carboxylic acids is 1. The summed E-state index contributed by atoms with van der Waals surface area (Å²) < 4.78 is 65.9. The molecule has 2 aromatic carbocycles. The van der Waals surface area contributed by atoms with E-state index in [1.54, 1.807) is 40.6 Å². The Labute approximate surface area is 570 Å². The van der Waals surface area contributed by atoms with Gasteiger partial charge in [0.25, 0.3) is 0 Å². The van der Waals surface area contributed by atoms with Gasteiger partial charge in [0, 0.05) is 141 Å². The van der Waals surface area contributed by atoms with Gasteiger partial charge >= 0.3 is 11.9 Å². The van der Waals surface area contributed by atoms with Crippen LogP contribution in [0.15, 0.2) is 91.0 Å². The average Bonchev–Trinajstić information content (AvgIpc) is 1.04. The van der Waals surface area contributed by atoms with E-state index < -0.39 is 18.2 Å². The molecule has 3 aromatic heterocycles. The molecule has 4 heterocycles. The van der Waals surface area contributed by atoms with Gasteiger partial charge in [-0.25, -0.2) is 9.78 Å². The summed E-state index contributed by atoms with van der Waals surface area (Å²) in [6, 6.07) is 27.9. The van der Waals surface area contributed by atoms with Gasteiger partial charge in [-0.05, 0) is 84.9 Å². The van der Waals surface area contributed by atoms with E-state index in [1.165, 1.54) is 6.07 Å². The van der Waals surface area contributed by atoms with Gasteiger partial charge in [0.2, 0.25) is 0 Å². The number of aromatic nitrogens is 3. The third kappa shape index (κ3) is 32.9. The second-order valence-corrected chi connectivity index (χ2v) is 22.3. The van der Waals surface area contributed by atoms with Crippen molar-refractivity contribution in [3.8, 4) is 23.7 Å². The summed E-state index contributed by atoms with van der Waals surface area (Å²) in [6.07, 6.45) is -1.89. The molecule has 0 aliphatic carbocycles. The van der Waals surface area contributed by atoms with Crippen molar-refractivity contribution < 1.29 is 86.9 Å². The smallest absolute Gasteiger partial charge is 0.354 e. The predicted octanol–water partition coefficient (Wildman–Crippen LogP) is 4.09. The first-order valence-electron chi connectivity index (χ1n) is 32.7. The largest absolute Gasteiger partial charge is 0.480 e. The highest BCUT2D eigenvalue weighted by atomic mass is 16.6. The molecule has 26 heteroatoms. The lowest BCUT2D eigenvalue weighted by molar-refractivity contribution is -0.138. The lowest BCUT2D eigenvalue weighted by atomic mass is 10.1. The number of hydrogen-bond acceptors (Lipinski definition) is 24. The summed E-state index contributed by atoms with van der Waals surface area (Å²) in [4.78, 5) is 49.5. The first-order chi connectivity index (χ1) is 47.4. The van der Waals surface area contributed by atoms with E-state index in [2.05, 4.69) is 53.2 Å². The minimum Gasteiger partial charge on any atom is -0.480 e. The number of aliphatic hydroxyl groups excluding tert-OH is 1. The monoisotopic (exact) mass is 1350 g/mol. The summed E-state index contributed by atoms with van der Waals surface area (Å²) in [7, 11) is 6.53. The zero-order valence-electron chi connectivity index (χ0n) is 56.7. The molecule has 530 valence electrons. The number of hydrogen-bond donors (Lipinski definition) is 4. The fourth-order valence-corrected chi connectivity index (χ4v) is 9.92. The van der Waals surface area contributed by atoms with E-state index in [9.17, 15) is 30.0 Å². The number of aromatic carboxylic acids is 1. The molecule has 0 saturated heterocycles. The molecule has 5 aromatic rings. The van der Waals surface area contributed by atoms with E-state index in [1.807, 2.05) is 77.7 Å². The number of benzene rings is 2. The number of fused-ring (bicyclic) bond motifs is 2. The molecular weight excluding hydrogens is 1250 g/mol. The average molecular weight is 1350 g/mol. The maximum Gasteiger partial charge on any atom is 0.354 e. The van der Waals surface area contributed by atoms with Gasteiger partial charge in [-0.1, -0.05) is 29.7 Å². The number of carbonyl (C=O) groups is 2. The summed E-state index contributed by atoms with van der Waals surface area (Å²) >= 11 is 0. The highest BCUT2D eigenvalue weighted by Crippen LogP contribution is 2.20. The van der Waals surface area contributed by atoms with Gasteiger partial charge in [0.15, 0.2) is 6.29 Å². The Morgan fingerprint density at radius 1 is 0.433 bits per heavy atom. The topological polar surface area (TPSA) is 281 Å². The predicted molar refractivity (Wildman–Crippen MR) is 362 cm³/mol. The first-order valence-corrected chi connectivity index (χ1v) is 32.7. The molecule has 2 bridgehead atoms. The lowest BCUT2D eigenvalue weighted by Gasteiger charge is -2.30. The Hall–Kier alpha value is -7.13. The number of ether oxygens (including phenoxy) is 12. The fraction of sp³-hybridized carbons (Fsp3) is 0.535. The van der Waals surface area contributed by atoms with Crippen molar-refractivity contribution in [2.75, 3.05) is 229 Å². The molecule has 0 saturated carbocycles. The van der Waals surface area contributed by atoms with Crippen molar-refractivity contribution in [1.29, 1.82) is 0 Å². The van der Waals surface area contributed by atoms with Crippen LogP contribution in [-0.2, 0) is 87.8 Å². The highest BCUT2D eigenvalue weighted by Gasteiger charge is 2.21. The van der Waals surface area contributed by atoms with Gasteiger partial charge in [0.1, 0.15) is 5.69 Å². The third-order valence-corrected chi connectivity index (χ3v) is 14.9. The van der Waals surface area contributed by atoms with Crippen LogP contribution >= 0.6 is 0 Å². The zero-order valence-corrected chi connectivity index (χ0v) is 56.7. The minimum atomic E-state index is -1.89. The summed E-state index contributed by atoms with van der Waals surface area (Å²) in [6.45, 7) is 14.5. The second kappa shape index (κ2) is 47.8. The fourth-order valence-electron chi connectivity index (χ4n) is 9.92. The molecule has 0 spiro atoms. The van der Waals surface area contributed by atoms with Crippen LogP contribution in [0.5, 0.6) is 0 Å². The summed E-state index contributed by atoms with van der Waals surface area (Å²) in [5, 5.41) is 41.4. The molecule has 1 aliphatic heterocycles. The zero-order chi connectivity index (χ0) is 68.9. The molecule has 0 fully saturated rings. The SMILES string of the molecule is COCCOCCOCCN(CCOCCOCCOC)c1ccc(C#Cc2cc(CN3CCN(Cc4cc(C#Cc5ccc(N(CCOCCOCCOC)CCOCCOCCOC)cc5)cc(C(O)O)n4)CCN(CC(=O)O)Cc4cccc(n4)C3)nc(C(=O)O)c2)cc1. The maximum atomic E-state index is 12.7. The van der Waals surface area contributed by atoms with Gasteiger partial charge in [0.05, 0.1) is 167 Å². The standard InChI is InChI=1S/C71H98N8O18/c1-86-32-36-94-44-40-90-28-24-78(25-29-91-41-45-95-37-33-87-2)65-16-12-57(13-17-65)8-10-59-48-63(73-67(50-59)70(82)83)54-75-20-22-76(52-61-6-5-7-62(72-61)53-77(23-21-75)56-69(80)81)55-64-49-60(51-68(74-64)71(84)85)11-9-58-14-18-66(19-15-58)79(26-30-92-42-46-96-38-34-88-3)27-31-93-43-47-97-39-35-89-4/h5-7,12-19,48-51,70,82-83H,20-47,52-56H2,1-4H3,(H,80,81)(H,84,85). The van der Waals surface area contributed by atoms with Crippen LogP contribution in [0.4, 0.5) is 11.4 Å². The number of anilines is 2. The Kier molecular flexibility index (Phi) is 38.8. The van der Waals surface area contributed by atoms with Gasteiger partial charge < -0.3 is 87.1 Å². The van der Waals surface area contributed by atoms with E-state index in [-0.39, 0.29) is 37.6 Å². The van der Waals surface area contributed by atoms with E-state index in [0.29, 0.717) is 219 Å². The lowest BCUT2D eigenvalue weighted by Crippen LogP contribution is -2.41. The van der Waals surface area contributed by atoms with Gasteiger partial charge in [-0.2, -0.15) is 0 Å². The van der Waals surface area contributed by atoms with E-state index in [4.69, 9.17) is 61.8 Å². The first kappa shape index (κ1) is 78.9.